The molecule has 0 saturated carbocycles. The van der Waals surface area contributed by atoms with E-state index < -0.39 is 156 Å². The van der Waals surface area contributed by atoms with Crippen molar-refractivity contribution in [1.82, 2.24) is 76.2 Å². The minimum absolute atomic E-state index is 0.0101. The number of fused-ring (bicyclic) bond motifs is 1. The molecule has 3 aromatic carbocycles. The number of aliphatic hydroxyl groups excluding tert-OH is 1. The van der Waals surface area contributed by atoms with Crippen molar-refractivity contribution in [3.05, 3.63) is 101 Å². The highest BCUT2D eigenvalue weighted by molar-refractivity contribution is 6.32. The lowest BCUT2D eigenvalue weighted by atomic mass is 9.90. The maximum atomic E-state index is 15.6. The number of anilines is 2. The molecule has 12 amide bonds. The van der Waals surface area contributed by atoms with Gasteiger partial charge in [0.1, 0.15) is 102 Å². The lowest BCUT2D eigenvalue weighted by molar-refractivity contribution is -0.157. The summed E-state index contributed by atoms with van der Waals surface area (Å²) in [5, 5.41) is 34.2. The van der Waals surface area contributed by atoms with Crippen LogP contribution in [0, 0.1) is 47.2 Å². The molecule has 6 rings (SSSR count). The second-order valence-electron chi connectivity index (χ2n) is 35.1. The third kappa shape index (κ3) is 28.3. The van der Waals surface area contributed by atoms with Crippen LogP contribution in [0.25, 0.3) is 22.2 Å². The zero-order chi connectivity index (χ0) is 91.9. The van der Waals surface area contributed by atoms with E-state index in [1.54, 1.807) is 71.9 Å². The molecule has 678 valence electrons. The number of nitrogens with one attached hydrogen (secondary N) is 7. The van der Waals surface area contributed by atoms with Gasteiger partial charge in [-0.15, -0.1) is 0 Å². The topological polar surface area (TPSA) is 380 Å². The Morgan fingerprint density at radius 3 is 1.76 bits per heavy atom. The standard InChI is InChI=1S/C90H134ClFN16O15/c1-24-66-86(117)102(17)47-75(110)103(18)68(39-50(2)3)83(114)101-76(54(10)11)89(120)104(19)69(40-51(4)5)82(113)97-57(15)81(112)98-58(16)85(116)105(20)70(41-52(6)7)87(118)106(21)71(42-53(8)9)88(119)107(22)77(55(12)13)90(121)108(23)78(84(115)100-66)79(111)56(14)27-25-30-74(109)94-38-37-93-46-63-33-36-72(123-63)60-31-34-67-64(44-60)80(96-49-95-67)99-62-32-35-73(65(91)45-62)122-48-59-28-26-29-61(92)43-59/h26,28-29,31-36,43-45,49-58,66,68-71,76-79,93,111H,24-25,27,30,37-42,46-48H2,1-23H3,(H,94,109)(H,97,113)(H,98,112)(H,100,115)(H,101,114)(H,95,96,99)/t56-,57+,58-,66+,68+,69+,70+,71+,76+,77+,78?,79-/m1/s1. The van der Waals surface area contributed by atoms with E-state index in [1.165, 1.54) is 106 Å². The zero-order valence-corrected chi connectivity index (χ0v) is 76.8. The van der Waals surface area contributed by atoms with Crippen molar-refractivity contribution in [2.75, 3.05) is 74.3 Å². The first-order valence-electron chi connectivity index (χ1n) is 42.8. The van der Waals surface area contributed by atoms with Gasteiger partial charge in [0.2, 0.25) is 70.9 Å². The Labute approximate surface area is 729 Å². The normalized spacial score (nSPS) is 22.0. The molecular weight excluding hydrogens is 1600 g/mol. The molecular formula is C90H134ClFN16O15. The van der Waals surface area contributed by atoms with Gasteiger partial charge in [-0.05, 0) is 166 Å². The summed E-state index contributed by atoms with van der Waals surface area (Å²) in [6, 6.07) is 7.68. The lowest BCUT2D eigenvalue weighted by Gasteiger charge is -2.41. The maximum Gasteiger partial charge on any atom is 0.246 e. The smallest absolute Gasteiger partial charge is 0.246 e. The summed E-state index contributed by atoms with van der Waals surface area (Å²) in [6.45, 7) is 28.2. The van der Waals surface area contributed by atoms with Crippen LogP contribution in [-0.4, -0.2) is 256 Å². The molecule has 5 aromatic rings. The van der Waals surface area contributed by atoms with Crippen molar-refractivity contribution < 1.29 is 76.2 Å². The highest BCUT2D eigenvalue weighted by Gasteiger charge is 2.46. The number of rotatable bonds is 28. The Kier molecular flexibility index (Phi) is 38.7. The molecule has 1 unspecified atom stereocenters. The third-order valence-electron chi connectivity index (χ3n) is 22.4. The second kappa shape index (κ2) is 46.9. The van der Waals surface area contributed by atoms with E-state index in [0.29, 0.717) is 63.4 Å². The summed E-state index contributed by atoms with van der Waals surface area (Å²) in [7, 11) is 9.76. The second-order valence-corrected chi connectivity index (χ2v) is 35.5. The Morgan fingerprint density at radius 1 is 0.593 bits per heavy atom. The molecule has 33 heteroatoms. The Hall–Kier alpha value is -10.3. The number of likely N-dealkylation sites (N-methyl/N-ethyl adjacent to an activating group) is 7. The van der Waals surface area contributed by atoms with Crippen LogP contribution in [0.1, 0.15) is 173 Å². The van der Waals surface area contributed by atoms with Crippen LogP contribution in [0.2, 0.25) is 5.02 Å². The predicted molar refractivity (Wildman–Crippen MR) is 470 cm³/mol. The molecule has 31 nitrogen and oxygen atoms in total. The van der Waals surface area contributed by atoms with Crippen LogP contribution >= 0.6 is 11.6 Å². The lowest BCUT2D eigenvalue weighted by Crippen LogP contribution is -2.63. The molecule has 0 radical (unpaired) electrons. The number of hydrogen-bond donors (Lipinski definition) is 8. The van der Waals surface area contributed by atoms with E-state index in [-0.39, 0.29) is 99.9 Å². The van der Waals surface area contributed by atoms with Crippen LogP contribution in [0.5, 0.6) is 5.75 Å². The largest absolute Gasteiger partial charge is 0.487 e. The van der Waals surface area contributed by atoms with Crippen molar-refractivity contribution in [3.8, 4) is 17.1 Å². The van der Waals surface area contributed by atoms with Crippen molar-refractivity contribution in [1.29, 1.82) is 0 Å². The minimum atomic E-state index is -1.76. The van der Waals surface area contributed by atoms with Crippen molar-refractivity contribution in [3.63, 3.8) is 0 Å². The number of aliphatic hydroxyl groups is 1. The monoisotopic (exact) mass is 1730 g/mol. The van der Waals surface area contributed by atoms with Crippen LogP contribution in [0.4, 0.5) is 15.9 Å². The Morgan fingerprint density at radius 2 is 1.17 bits per heavy atom. The molecule has 8 N–H and O–H groups in total. The first-order valence-corrected chi connectivity index (χ1v) is 43.1. The van der Waals surface area contributed by atoms with E-state index in [1.807, 2.05) is 85.7 Å². The van der Waals surface area contributed by atoms with Gasteiger partial charge in [-0.2, -0.15) is 0 Å². The van der Waals surface area contributed by atoms with Crippen LogP contribution in [-0.2, 0) is 70.7 Å². The van der Waals surface area contributed by atoms with Gasteiger partial charge in [0.15, 0.2) is 0 Å². The average Bonchev–Trinajstić information content (AvgIpc) is 1.01. The van der Waals surface area contributed by atoms with Gasteiger partial charge in [0, 0.05) is 85.5 Å². The number of aromatic nitrogens is 2. The van der Waals surface area contributed by atoms with Crippen molar-refractivity contribution in [2.45, 2.75) is 242 Å². The number of ether oxygens (including phenoxy) is 1. The summed E-state index contributed by atoms with van der Waals surface area (Å²) < 4.78 is 25.9. The number of nitrogens with zero attached hydrogens (tertiary/aromatic N) is 9. The van der Waals surface area contributed by atoms with E-state index in [2.05, 4.69) is 47.2 Å². The molecule has 1 aliphatic heterocycles. The molecule has 1 aliphatic rings. The summed E-state index contributed by atoms with van der Waals surface area (Å²) >= 11 is 6.62. The van der Waals surface area contributed by atoms with Crippen LogP contribution in [0.15, 0.2) is 83.5 Å². The fraction of sp³-hybridized carbons (Fsp3) is 0.600. The number of halogens is 2. The van der Waals surface area contributed by atoms with E-state index in [4.69, 9.17) is 20.8 Å². The molecule has 123 heavy (non-hydrogen) atoms. The zero-order valence-electron chi connectivity index (χ0n) is 76.0. The van der Waals surface area contributed by atoms with E-state index in [0.717, 1.165) is 15.4 Å². The van der Waals surface area contributed by atoms with Gasteiger partial charge in [-0.3, -0.25) is 57.5 Å². The number of benzene rings is 3. The summed E-state index contributed by atoms with van der Waals surface area (Å²) in [5.41, 5.74) is 2.73. The average molecular weight is 1730 g/mol. The number of amides is 12. The third-order valence-corrected chi connectivity index (χ3v) is 22.7. The molecule has 0 aliphatic carbocycles. The molecule has 3 heterocycles. The Bertz CT molecular complexity index is 4470. The van der Waals surface area contributed by atoms with Gasteiger partial charge < -0.3 is 85.8 Å². The SMILES string of the molecule is CC[C@@H]1NC(=O)C([C@H](O)[C@H](C)CCCC(=O)NCCNCc2ccc(-c3ccc4ncnc(Nc5ccc(OCc6cccc(F)c6)c(Cl)c5)c4c3)o2)N(C)C(=O)[C@H](C(C)C)N(C)C(=O)[C@H](CC(C)C)N(C)C(=O)[C@H](CC(C)C)N(C)C(=O)[C@@H](C)NC(=O)[C@H](C)NC(=O)[C@H](CC(C)C)N(C)C(=O)[C@H](C(C)C)NC(=O)[C@H](CC(C)C)N(C)C(=O)CN(C)C1=O. The summed E-state index contributed by atoms with van der Waals surface area (Å²) in [5.74, 6) is -9.23. The fourth-order valence-electron chi connectivity index (χ4n) is 15.1. The van der Waals surface area contributed by atoms with Gasteiger partial charge >= 0.3 is 0 Å². The number of hydrogen-bond acceptors (Lipinski definition) is 19. The number of carbonyl (C=O) groups is 12. The number of furan rings is 1. The van der Waals surface area contributed by atoms with Gasteiger partial charge in [-0.1, -0.05) is 121 Å². The predicted octanol–water partition coefficient (Wildman–Crippen LogP) is 8.70. The van der Waals surface area contributed by atoms with Crippen LogP contribution in [0.3, 0.4) is 0 Å². The molecule has 1 saturated heterocycles. The fourth-order valence-corrected chi connectivity index (χ4v) is 15.3. The van der Waals surface area contributed by atoms with Gasteiger partial charge in [-0.25, -0.2) is 14.4 Å². The van der Waals surface area contributed by atoms with Crippen molar-refractivity contribution >= 4 is 105 Å². The molecule has 12 atom stereocenters. The highest BCUT2D eigenvalue weighted by Crippen LogP contribution is 2.34. The highest BCUT2D eigenvalue weighted by atomic mass is 35.5. The first-order chi connectivity index (χ1) is 57.8. The molecule has 0 bridgehead atoms. The van der Waals surface area contributed by atoms with Crippen molar-refractivity contribution in [2.24, 2.45) is 41.4 Å². The van der Waals surface area contributed by atoms with E-state index in [9.17, 15) is 47.9 Å². The van der Waals surface area contributed by atoms with E-state index >= 15 is 19.2 Å². The molecule has 2 aromatic heterocycles. The quantitative estimate of drug-likeness (QED) is 0.0217. The summed E-state index contributed by atoms with van der Waals surface area (Å²) in [4.78, 5) is 194. The summed E-state index contributed by atoms with van der Waals surface area (Å²) in [6.07, 6.45) is 0.563. The minimum Gasteiger partial charge on any atom is -0.487 e. The van der Waals surface area contributed by atoms with Crippen LogP contribution < -0.4 is 42.0 Å². The van der Waals surface area contributed by atoms with Gasteiger partial charge in [0.05, 0.1) is 29.7 Å². The van der Waals surface area contributed by atoms with Gasteiger partial charge in [0.25, 0.3) is 0 Å². The molecule has 0 spiro atoms. The maximum absolute atomic E-state index is 15.6. The number of carbonyl (C=O) groups excluding carboxylic acids is 12. The molecule has 1 fully saturated rings. The Balaban J connectivity index is 1.23. The first kappa shape index (κ1) is 101.